The first kappa shape index (κ1) is 13.2. The summed E-state index contributed by atoms with van der Waals surface area (Å²) in [5.41, 5.74) is 4.65. The highest BCUT2D eigenvalue weighted by Gasteiger charge is 2.23. The van der Waals surface area contributed by atoms with Crippen molar-refractivity contribution in [2.45, 2.75) is 12.5 Å². The lowest BCUT2D eigenvalue weighted by atomic mass is 10.1. The minimum Gasteiger partial charge on any atom is -0.394 e. The summed E-state index contributed by atoms with van der Waals surface area (Å²) in [6.07, 6.45) is 3.24. The second-order valence-electron chi connectivity index (χ2n) is 4.27. The molecule has 2 rings (SSSR count). The predicted octanol–water partition coefficient (Wildman–Crippen LogP) is -1.21. The summed E-state index contributed by atoms with van der Waals surface area (Å²) >= 11 is 0. The van der Waals surface area contributed by atoms with Crippen LogP contribution < -0.4 is 11.1 Å². The molecular formula is C10H15N7O2. The Morgan fingerprint density at radius 2 is 2.05 bits per heavy atom. The Morgan fingerprint density at radius 3 is 2.63 bits per heavy atom. The first-order valence-electron chi connectivity index (χ1n) is 5.58. The Bertz CT molecular complexity index is 539. The molecule has 0 saturated heterocycles. The molecule has 0 aliphatic rings. The Balaban J connectivity index is 2.32. The van der Waals surface area contributed by atoms with E-state index in [-0.39, 0.29) is 31.1 Å². The number of anilines is 2. The van der Waals surface area contributed by atoms with Crippen LogP contribution in [0.15, 0.2) is 18.5 Å². The molecule has 0 radical (unpaired) electrons. The number of nitrogens with zero attached hydrogens (tertiary/aromatic N) is 5. The fourth-order valence-electron chi connectivity index (χ4n) is 1.33. The fraction of sp³-hybridized carbons (Fsp3) is 0.400. The molecule has 0 fully saturated rings. The quantitative estimate of drug-likeness (QED) is 0.529. The summed E-state index contributed by atoms with van der Waals surface area (Å²) in [4.78, 5) is 12.0. The van der Waals surface area contributed by atoms with E-state index in [4.69, 9.17) is 5.73 Å². The van der Waals surface area contributed by atoms with Crippen molar-refractivity contribution >= 4 is 11.9 Å². The smallest absolute Gasteiger partial charge is 0.257 e. The van der Waals surface area contributed by atoms with E-state index in [0.717, 1.165) is 0 Å². The first-order valence-corrected chi connectivity index (χ1v) is 5.58. The SMILES string of the molecule is CC(CO)(CO)Nc1nc(N)nc(-n2cccn2)n1. The van der Waals surface area contributed by atoms with Gasteiger partial charge in [-0.3, -0.25) is 0 Å². The molecular weight excluding hydrogens is 250 g/mol. The molecule has 0 bridgehead atoms. The summed E-state index contributed by atoms with van der Waals surface area (Å²) < 4.78 is 1.43. The highest BCUT2D eigenvalue weighted by Crippen LogP contribution is 2.12. The number of rotatable bonds is 5. The molecule has 2 heterocycles. The Kier molecular flexibility index (Phi) is 3.58. The molecule has 19 heavy (non-hydrogen) atoms. The van der Waals surface area contributed by atoms with E-state index in [2.05, 4.69) is 25.4 Å². The van der Waals surface area contributed by atoms with Crippen LogP contribution in [0.3, 0.4) is 0 Å². The minimum atomic E-state index is -0.949. The fourth-order valence-corrected chi connectivity index (χ4v) is 1.33. The van der Waals surface area contributed by atoms with Crippen LogP contribution in [-0.4, -0.2) is 53.7 Å². The molecule has 2 aromatic rings. The lowest BCUT2D eigenvalue weighted by Crippen LogP contribution is -2.43. The molecule has 9 heteroatoms. The number of hydrogen-bond donors (Lipinski definition) is 4. The molecule has 0 unspecified atom stereocenters. The molecule has 5 N–H and O–H groups in total. The summed E-state index contributed by atoms with van der Waals surface area (Å²) in [6, 6.07) is 1.72. The molecule has 102 valence electrons. The number of aromatic nitrogens is 5. The molecule has 0 aliphatic heterocycles. The number of hydrogen-bond acceptors (Lipinski definition) is 8. The maximum absolute atomic E-state index is 9.23. The monoisotopic (exact) mass is 265 g/mol. The van der Waals surface area contributed by atoms with Gasteiger partial charge in [0.2, 0.25) is 11.9 Å². The molecule has 0 atom stereocenters. The molecule has 2 aromatic heterocycles. The third-order valence-electron chi connectivity index (χ3n) is 2.46. The van der Waals surface area contributed by atoms with Crippen LogP contribution in [0.4, 0.5) is 11.9 Å². The summed E-state index contributed by atoms with van der Waals surface area (Å²) in [6.45, 7) is 1.05. The van der Waals surface area contributed by atoms with Gasteiger partial charge in [-0.25, -0.2) is 4.68 Å². The second-order valence-corrected chi connectivity index (χ2v) is 4.27. The van der Waals surface area contributed by atoms with Gasteiger partial charge in [0.25, 0.3) is 5.95 Å². The number of nitrogen functional groups attached to an aromatic ring is 1. The van der Waals surface area contributed by atoms with Gasteiger partial charge in [-0.1, -0.05) is 0 Å². The van der Waals surface area contributed by atoms with Crippen LogP contribution in [0, 0.1) is 0 Å². The Morgan fingerprint density at radius 1 is 1.32 bits per heavy atom. The number of aliphatic hydroxyl groups is 2. The van der Waals surface area contributed by atoms with Crippen LogP contribution in [-0.2, 0) is 0 Å². The maximum atomic E-state index is 9.23. The minimum absolute atomic E-state index is 0.0150. The van der Waals surface area contributed by atoms with Gasteiger partial charge in [0.1, 0.15) is 0 Å². The van der Waals surface area contributed by atoms with Gasteiger partial charge in [-0.05, 0) is 13.0 Å². The average Bonchev–Trinajstić information content (AvgIpc) is 2.92. The van der Waals surface area contributed by atoms with Crippen molar-refractivity contribution < 1.29 is 10.2 Å². The number of aliphatic hydroxyl groups excluding tert-OH is 2. The van der Waals surface area contributed by atoms with E-state index in [0.29, 0.717) is 0 Å². The topological polar surface area (TPSA) is 135 Å². The third-order valence-corrected chi connectivity index (χ3v) is 2.46. The third kappa shape index (κ3) is 2.95. The van der Waals surface area contributed by atoms with Gasteiger partial charge in [0, 0.05) is 12.4 Å². The molecule has 0 spiro atoms. The van der Waals surface area contributed by atoms with E-state index in [9.17, 15) is 10.2 Å². The molecule has 0 aliphatic carbocycles. The summed E-state index contributed by atoms with van der Waals surface area (Å²) in [5, 5.41) is 25.3. The van der Waals surface area contributed by atoms with Crippen molar-refractivity contribution in [3.63, 3.8) is 0 Å². The molecule has 0 amide bonds. The Hall–Kier alpha value is -2.26. The largest absolute Gasteiger partial charge is 0.394 e. The van der Waals surface area contributed by atoms with E-state index < -0.39 is 5.54 Å². The summed E-state index contributed by atoms with van der Waals surface area (Å²) in [7, 11) is 0. The van der Waals surface area contributed by atoms with Crippen molar-refractivity contribution in [3.05, 3.63) is 18.5 Å². The van der Waals surface area contributed by atoms with Gasteiger partial charge in [0.15, 0.2) is 0 Å². The van der Waals surface area contributed by atoms with Crippen LogP contribution in [0.25, 0.3) is 5.95 Å². The zero-order chi connectivity index (χ0) is 13.9. The lowest BCUT2D eigenvalue weighted by Gasteiger charge is -2.26. The van der Waals surface area contributed by atoms with Crippen LogP contribution in [0.1, 0.15) is 6.92 Å². The van der Waals surface area contributed by atoms with Crippen molar-refractivity contribution in [3.8, 4) is 5.95 Å². The van der Waals surface area contributed by atoms with Gasteiger partial charge in [0.05, 0.1) is 18.8 Å². The summed E-state index contributed by atoms with van der Waals surface area (Å²) in [5.74, 6) is 0.419. The first-order chi connectivity index (χ1) is 9.06. The molecule has 0 aromatic carbocycles. The number of nitrogens with one attached hydrogen (secondary N) is 1. The van der Waals surface area contributed by atoms with E-state index >= 15 is 0 Å². The van der Waals surface area contributed by atoms with Crippen molar-refractivity contribution in [2.24, 2.45) is 0 Å². The van der Waals surface area contributed by atoms with E-state index in [1.165, 1.54) is 4.68 Å². The van der Waals surface area contributed by atoms with Gasteiger partial charge in [-0.15, -0.1) is 0 Å². The van der Waals surface area contributed by atoms with E-state index in [1.54, 1.807) is 25.4 Å². The zero-order valence-corrected chi connectivity index (χ0v) is 10.4. The van der Waals surface area contributed by atoms with Crippen LogP contribution >= 0.6 is 0 Å². The maximum Gasteiger partial charge on any atom is 0.257 e. The molecule has 0 saturated carbocycles. The average molecular weight is 265 g/mol. The van der Waals surface area contributed by atoms with E-state index in [1.807, 2.05) is 0 Å². The predicted molar refractivity (Wildman–Crippen MR) is 67.6 cm³/mol. The van der Waals surface area contributed by atoms with Gasteiger partial charge >= 0.3 is 0 Å². The molecule has 9 nitrogen and oxygen atoms in total. The lowest BCUT2D eigenvalue weighted by molar-refractivity contribution is 0.147. The van der Waals surface area contributed by atoms with Crippen LogP contribution in [0.2, 0.25) is 0 Å². The Labute approximate surface area is 109 Å². The van der Waals surface area contributed by atoms with Crippen molar-refractivity contribution in [1.29, 1.82) is 0 Å². The van der Waals surface area contributed by atoms with Gasteiger partial charge in [-0.2, -0.15) is 20.1 Å². The number of nitrogens with two attached hydrogens (primary N) is 1. The second kappa shape index (κ2) is 5.16. The standard InChI is InChI=1S/C10H15N7O2/c1-10(5-18,6-19)16-8-13-7(11)14-9(15-8)17-4-2-3-12-17/h2-4,18-19H,5-6H2,1H3,(H3,11,13,14,15,16). The normalized spacial score (nSPS) is 11.5. The zero-order valence-electron chi connectivity index (χ0n) is 10.4. The van der Waals surface area contributed by atoms with Crippen LogP contribution in [0.5, 0.6) is 0 Å². The van der Waals surface area contributed by atoms with Gasteiger partial charge < -0.3 is 21.3 Å². The van der Waals surface area contributed by atoms with Crippen molar-refractivity contribution in [1.82, 2.24) is 24.7 Å². The highest BCUT2D eigenvalue weighted by atomic mass is 16.3. The highest BCUT2D eigenvalue weighted by molar-refractivity contribution is 5.37. The van der Waals surface area contributed by atoms with Crippen molar-refractivity contribution in [2.75, 3.05) is 24.3 Å².